The van der Waals surface area contributed by atoms with E-state index in [1.165, 1.54) is 5.56 Å². The molecule has 0 radical (unpaired) electrons. The maximum atomic E-state index is 5.96. The Morgan fingerprint density at radius 1 is 1.17 bits per heavy atom. The first-order valence-electron chi connectivity index (χ1n) is 7.85. The normalized spacial score (nSPS) is 11.2. The van der Waals surface area contributed by atoms with Crippen molar-refractivity contribution < 1.29 is 4.52 Å². The molecule has 0 spiro atoms. The number of nitrogens with zero attached hydrogens (tertiary/aromatic N) is 4. The van der Waals surface area contributed by atoms with E-state index in [1.54, 1.807) is 0 Å². The zero-order valence-electron chi connectivity index (χ0n) is 14.0. The molecule has 0 saturated carbocycles. The first kappa shape index (κ1) is 16.7. The predicted octanol–water partition coefficient (Wildman–Crippen LogP) is 3.17. The highest BCUT2D eigenvalue weighted by Crippen LogP contribution is 2.19. The van der Waals surface area contributed by atoms with Gasteiger partial charge in [-0.3, -0.25) is 0 Å². The molecule has 3 aromatic rings. The Balaban J connectivity index is 1.64. The summed E-state index contributed by atoms with van der Waals surface area (Å²) in [5.74, 6) is 1.33. The minimum Gasteiger partial charge on any atom is -0.339 e. The Morgan fingerprint density at radius 2 is 1.92 bits per heavy atom. The van der Waals surface area contributed by atoms with Crippen molar-refractivity contribution in [1.29, 1.82) is 0 Å². The molecule has 3 rings (SSSR count). The molecule has 7 heteroatoms. The maximum absolute atomic E-state index is 5.96. The van der Waals surface area contributed by atoms with Crippen molar-refractivity contribution in [2.45, 2.75) is 33.7 Å². The Hall–Kier alpha value is -2.18. The first-order chi connectivity index (χ1) is 11.5. The monoisotopic (exact) mass is 345 g/mol. The van der Waals surface area contributed by atoms with E-state index in [0.717, 1.165) is 35.2 Å². The van der Waals surface area contributed by atoms with Crippen molar-refractivity contribution in [1.82, 2.24) is 25.2 Å². The summed E-state index contributed by atoms with van der Waals surface area (Å²) < 4.78 is 7.06. The van der Waals surface area contributed by atoms with Crippen LogP contribution in [0.5, 0.6) is 0 Å². The highest BCUT2D eigenvalue weighted by molar-refractivity contribution is 6.30. The van der Waals surface area contributed by atoms with E-state index in [0.29, 0.717) is 18.1 Å². The van der Waals surface area contributed by atoms with Crippen LogP contribution in [0.4, 0.5) is 0 Å². The number of hydrogen-bond donors (Lipinski definition) is 1. The van der Waals surface area contributed by atoms with Crippen molar-refractivity contribution in [2.24, 2.45) is 0 Å². The van der Waals surface area contributed by atoms with Gasteiger partial charge in [-0.1, -0.05) is 16.8 Å². The third kappa shape index (κ3) is 3.66. The molecule has 1 N–H and O–H groups in total. The lowest BCUT2D eigenvalue weighted by Gasteiger charge is -2.06. The fraction of sp³-hybridized carbons (Fsp3) is 0.353. The van der Waals surface area contributed by atoms with Crippen LogP contribution in [-0.2, 0) is 13.0 Å². The van der Waals surface area contributed by atoms with Gasteiger partial charge < -0.3 is 9.84 Å². The molecule has 0 aliphatic carbocycles. The number of benzene rings is 1. The first-order valence-corrected chi connectivity index (χ1v) is 8.23. The van der Waals surface area contributed by atoms with Gasteiger partial charge in [0.15, 0.2) is 5.82 Å². The third-order valence-electron chi connectivity index (χ3n) is 3.90. The minimum atomic E-state index is 0.658. The van der Waals surface area contributed by atoms with E-state index in [4.69, 9.17) is 16.1 Å². The van der Waals surface area contributed by atoms with Gasteiger partial charge in [0.2, 0.25) is 5.89 Å². The highest BCUT2D eigenvalue weighted by atomic mass is 35.5. The Morgan fingerprint density at radius 3 is 2.58 bits per heavy atom. The molecule has 0 saturated heterocycles. The van der Waals surface area contributed by atoms with E-state index < -0.39 is 0 Å². The van der Waals surface area contributed by atoms with Crippen LogP contribution in [0.2, 0.25) is 5.02 Å². The van der Waals surface area contributed by atoms with Crippen molar-refractivity contribution in [2.75, 3.05) is 6.54 Å². The molecule has 0 unspecified atom stereocenters. The number of hydrogen-bond acceptors (Lipinski definition) is 5. The summed E-state index contributed by atoms with van der Waals surface area (Å²) in [4.78, 5) is 4.20. The SMILES string of the molecule is Cc1noc(CCNCc2c(C)nn(-c3ccc(Cl)cc3)c2C)n1. The smallest absolute Gasteiger partial charge is 0.227 e. The number of rotatable bonds is 6. The van der Waals surface area contributed by atoms with Gasteiger partial charge in [0.1, 0.15) is 0 Å². The molecule has 6 nitrogen and oxygen atoms in total. The molecule has 0 atom stereocenters. The molecular formula is C17H20ClN5O. The second-order valence-electron chi connectivity index (χ2n) is 5.70. The Labute approximate surface area is 145 Å². The zero-order valence-corrected chi connectivity index (χ0v) is 14.8. The maximum Gasteiger partial charge on any atom is 0.227 e. The predicted molar refractivity (Wildman–Crippen MR) is 92.5 cm³/mol. The number of nitrogens with one attached hydrogen (secondary N) is 1. The quantitative estimate of drug-likeness (QED) is 0.695. The summed E-state index contributed by atoms with van der Waals surface area (Å²) in [7, 11) is 0. The Kier molecular flexibility index (Phi) is 4.97. The molecular weight excluding hydrogens is 326 g/mol. The van der Waals surface area contributed by atoms with E-state index >= 15 is 0 Å². The molecule has 0 amide bonds. The second-order valence-corrected chi connectivity index (χ2v) is 6.14. The van der Waals surface area contributed by atoms with Crippen molar-refractivity contribution in [3.63, 3.8) is 0 Å². The molecule has 0 bridgehead atoms. The highest BCUT2D eigenvalue weighted by Gasteiger charge is 2.12. The second kappa shape index (κ2) is 7.15. The number of halogens is 1. The standard InChI is InChI=1S/C17H20ClN5O/c1-11-16(10-19-9-8-17-20-13(3)22-24-17)12(2)23(21-11)15-6-4-14(18)5-7-15/h4-7,19H,8-10H2,1-3H3. The molecule has 126 valence electrons. The van der Waals surface area contributed by atoms with Crippen molar-refractivity contribution in [3.8, 4) is 5.69 Å². The Bertz CT molecular complexity index is 822. The average Bonchev–Trinajstić information content (AvgIpc) is 3.09. The van der Waals surface area contributed by atoms with E-state index in [9.17, 15) is 0 Å². The molecule has 0 aliphatic rings. The third-order valence-corrected chi connectivity index (χ3v) is 4.15. The van der Waals surface area contributed by atoms with Crippen LogP contribution in [0.25, 0.3) is 5.69 Å². The van der Waals surface area contributed by atoms with Gasteiger partial charge in [-0.15, -0.1) is 0 Å². The van der Waals surface area contributed by atoms with Crippen LogP contribution in [0, 0.1) is 20.8 Å². The van der Waals surface area contributed by atoms with Crippen LogP contribution in [0.1, 0.15) is 28.7 Å². The van der Waals surface area contributed by atoms with Crippen LogP contribution in [0.15, 0.2) is 28.8 Å². The number of aromatic nitrogens is 4. The van der Waals surface area contributed by atoms with Crippen LogP contribution < -0.4 is 5.32 Å². The van der Waals surface area contributed by atoms with Gasteiger partial charge in [0.05, 0.1) is 11.4 Å². The van der Waals surface area contributed by atoms with Gasteiger partial charge in [0, 0.05) is 35.8 Å². The summed E-state index contributed by atoms with van der Waals surface area (Å²) >= 11 is 5.96. The molecule has 0 aliphatic heterocycles. The summed E-state index contributed by atoms with van der Waals surface area (Å²) in [5.41, 5.74) is 4.35. The fourth-order valence-corrected chi connectivity index (χ4v) is 2.74. The van der Waals surface area contributed by atoms with Gasteiger partial charge in [-0.05, 0) is 45.0 Å². The summed E-state index contributed by atoms with van der Waals surface area (Å²) in [6.07, 6.45) is 0.713. The van der Waals surface area contributed by atoms with Crippen LogP contribution in [0.3, 0.4) is 0 Å². The minimum absolute atomic E-state index is 0.658. The van der Waals surface area contributed by atoms with Crippen LogP contribution in [-0.4, -0.2) is 26.5 Å². The van der Waals surface area contributed by atoms with E-state index in [2.05, 4.69) is 27.5 Å². The molecule has 0 fully saturated rings. The van der Waals surface area contributed by atoms with Gasteiger partial charge >= 0.3 is 0 Å². The van der Waals surface area contributed by atoms with E-state index in [1.807, 2.05) is 42.8 Å². The van der Waals surface area contributed by atoms with Crippen molar-refractivity contribution >= 4 is 11.6 Å². The largest absolute Gasteiger partial charge is 0.339 e. The fourth-order valence-electron chi connectivity index (χ4n) is 2.61. The van der Waals surface area contributed by atoms with Gasteiger partial charge in [-0.25, -0.2) is 4.68 Å². The summed E-state index contributed by atoms with van der Waals surface area (Å²) in [6.45, 7) is 7.44. The summed E-state index contributed by atoms with van der Waals surface area (Å²) in [5, 5.41) is 12.6. The zero-order chi connectivity index (χ0) is 17.1. The average molecular weight is 346 g/mol. The molecule has 24 heavy (non-hydrogen) atoms. The lowest BCUT2D eigenvalue weighted by molar-refractivity contribution is 0.372. The lowest BCUT2D eigenvalue weighted by atomic mass is 10.2. The molecule has 1 aromatic carbocycles. The van der Waals surface area contributed by atoms with E-state index in [-0.39, 0.29) is 0 Å². The van der Waals surface area contributed by atoms with Crippen LogP contribution >= 0.6 is 11.6 Å². The van der Waals surface area contributed by atoms with Gasteiger partial charge in [0.25, 0.3) is 0 Å². The topological polar surface area (TPSA) is 68.8 Å². The van der Waals surface area contributed by atoms with Gasteiger partial charge in [-0.2, -0.15) is 10.1 Å². The lowest BCUT2D eigenvalue weighted by Crippen LogP contribution is -2.17. The summed E-state index contributed by atoms with van der Waals surface area (Å²) in [6, 6.07) is 7.68. The number of aryl methyl sites for hydroxylation is 2. The molecule has 2 aromatic heterocycles. The molecule has 2 heterocycles. The van der Waals surface area contributed by atoms with Crippen molar-refractivity contribution in [3.05, 3.63) is 58.0 Å².